The minimum atomic E-state index is 0.317. The quantitative estimate of drug-likeness (QED) is 0.712. The second-order valence-electron chi connectivity index (χ2n) is 3.45. The molecule has 92 valence electrons. The fraction of sp³-hybridized carbons (Fsp3) is 0.100. The van der Waals surface area contributed by atoms with E-state index in [-0.39, 0.29) is 0 Å². The maximum Gasteiger partial charge on any atom is 0.216 e. The van der Waals surface area contributed by atoms with Crippen LogP contribution in [0.25, 0.3) is 10.6 Å². The minimum absolute atomic E-state index is 0.317. The third-order valence-corrected chi connectivity index (χ3v) is 3.92. The van der Waals surface area contributed by atoms with E-state index in [9.17, 15) is 0 Å². The lowest BCUT2D eigenvalue weighted by Crippen LogP contribution is -1.85. The Morgan fingerprint density at radius 2 is 2.44 bits per heavy atom. The number of aromatic nitrogens is 4. The van der Waals surface area contributed by atoms with Crippen LogP contribution >= 0.6 is 23.1 Å². The largest absolute Gasteiger partial charge is 0.368 e. The zero-order valence-electron chi connectivity index (χ0n) is 9.16. The molecule has 8 heteroatoms. The molecule has 0 atom stereocenters. The number of thiophene rings is 1. The van der Waals surface area contributed by atoms with Crippen LogP contribution in [-0.4, -0.2) is 20.3 Å². The van der Waals surface area contributed by atoms with E-state index in [0.717, 1.165) is 16.3 Å². The van der Waals surface area contributed by atoms with Gasteiger partial charge in [-0.1, -0.05) is 23.0 Å². The first-order valence-corrected chi connectivity index (χ1v) is 6.98. The van der Waals surface area contributed by atoms with Gasteiger partial charge in [-0.15, -0.1) is 16.4 Å². The summed E-state index contributed by atoms with van der Waals surface area (Å²) in [5.74, 6) is 1.75. The highest BCUT2D eigenvalue weighted by Gasteiger charge is 2.09. The van der Waals surface area contributed by atoms with Crippen molar-refractivity contribution in [2.75, 3.05) is 5.73 Å². The number of nitrogens with two attached hydrogens (primary N) is 1. The topological polar surface area (TPSA) is 93.6 Å². The zero-order chi connectivity index (χ0) is 12.4. The molecule has 0 bridgehead atoms. The van der Waals surface area contributed by atoms with Crippen LogP contribution in [0.3, 0.4) is 0 Å². The van der Waals surface area contributed by atoms with Crippen molar-refractivity contribution >= 4 is 29.0 Å². The number of nitrogens with zero attached hydrogens (tertiary/aromatic N) is 3. The molecule has 6 nitrogen and oxygen atoms in total. The number of hydrogen-bond donors (Lipinski definition) is 2. The maximum absolute atomic E-state index is 5.44. The van der Waals surface area contributed by atoms with E-state index in [1.807, 2.05) is 23.6 Å². The summed E-state index contributed by atoms with van der Waals surface area (Å²) in [6.45, 7) is 0. The molecule has 3 N–H and O–H groups in total. The normalized spacial score (nSPS) is 10.9. The second kappa shape index (κ2) is 4.83. The van der Waals surface area contributed by atoms with Crippen LogP contribution in [-0.2, 0) is 5.75 Å². The summed E-state index contributed by atoms with van der Waals surface area (Å²) >= 11 is 3.07. The van der Waals surface area contributed by atoms with Gasteiger partial charge in [0.1, 0.15) is 0 Å². The molecule has 0 aliphatic carbocycles. The van der Waals surface area contributed by atoms with Crippen molar-refractivity contribution in [1.29, 1.82) is 0 Å². The summed E-state index contributed by atoms with van der Waals surface area (Å²) in [7, 11) is 0. The Kier molecular flexibility index (Phi) is 3.03. The molecule has 0 aliphatic rings. The summed E-state index contributed by atoms with van der Waals surface area (Å²) in [6.07, 6.45) is 0. The van der Waals surface area contributed by atoms with E-state index in [4.69, 9.17) is 10.3 Å². The SMILES string of the molecule is Nc1nc(SCc2cc(-c3cccs3)on2)n[nH]1. The van der Waals surface area contributed by atoms with Gasteiger partial charge in [-0.3, -0.25) is 0 Å². The number of H-pyrrole nitrogens is 1. The van der Waals surface area contributed by atoms with E-state index >= 15 is 0 Å². The highest BCUT2D eigenvalue weighted by atomic mass is 32.2. The lowest BCUT2D eigenvalue weighted by Gasteiger charge is -1.89. The number of aromatic amines is 1. The van der Waals surface area contributed by atoms with Gasteiger partial charge in [0, 0.05) is 11.8 Å². The highest BCUT2D eigenvalue weighted by Crippen LogP contribution is 2.27. The first-order valence-electron chi connectivity index (χ1n) is 5.11. The molecule has 3 rings (SSSR count). The van der Waals surface area contributed by atoms with E-state index in [1.54, 1.807) is 11.3 Å². The van der Waals surface area contributed by atoms with Crippen LogP contribution in [0.5, 0.6) is 0 Å². The average Bonchev–Trinajstić information content (AvgIpc) is 3.07. The third-order valence-electron chi connectivity index (χ3n) is 2.15. The minimum Gasteiger partial charge on any atom is -0.368 e. The lowest BCUT2D eigenvalue weighted by atomic mass is 10.3. The molecule has 0 amide bonds. The maximum atomic E-state index is 5.44. The van der Waals surface area contributed by atoms with E-state index in [0.29, 0.717) is 16.9 Å². The Balaban J connectivity index is 1.67. The monoisotopic (exact) mass is 279 g/mol. The molecule has 0 unspecified atom stereocenters. The number of hydrogen-bond acceptors (Lipinski definition) is 7. The number of nitrogens with one attached hydrogen (secondary N) is 1. The number of thioether (sulfide) groups is 1. The van der Waals surface area contributed by atoms with Crippen molar-refractivity contribution < 1.29 is 4.52 Å². The summed E-state index contributed by atoms with van der Waals surface area (Å²) < 4.78 is 5.28. The van der Waals surface area contributed by atoms with Crippen molar-refractivity contribution in [3.05, 3.63) is 29.3 Å². The standard InChI is InChI=1S/C10H9N5OS2/c11-9-12-10(14-13-9)18-5-6-4-7(16-15-6)8-2-1-3-17-8/h1-4H,5H2,(H3,11,12,13,14). The molecule has 0 aromatic carbocycles. The van der Waals surface area contributed by atoms with Gasteiger partial charge in [-0.2, -0.15) is 4.98 Å². The van der Waals surface area contributed by atoms with Crippen LogP contribution < -0.4 is 5.73 Å². The second-order valence-corrected chi connectivity index (χ2v) is 5.34. The zero-order valence-corrected chi connectivity index (χ0v) is 10.8. The fourth-order valence-corrected chi connectivity index (χ4v) is 2.74. The summed E-state index contributed by atoms with van der Waals surface area (Å²) in [5.41, 5.74) is 6.29. The number of anilines is 1. The van der Waals surface area contributed by atoms with Crippen LogP contribution in [0, 0.1) is 0 Å². The van der Waals surface area contributed by atoms with E-state index < -0.39 is 0 Å². The van der Waals surface area contributed by atoms with Gasteiger partial charge in [0.05, 0.1) is 10.6 Å². The third kappa shape index (κ3) is 2.39. The molecule has 0 saturated carbocycles. The van der Waals surface area contributed by atoms with Gasteiger partial charge in [0.2, 0.25) is 11.1 Å². The van der Waals surface area contributed by atoms with Gasteiger partial charge in [0.15, 0.2) is 5.76 Å². The molecule has 0 saturated heterocycles. The Morgan fingerprint density at radius 3 is 3.17 bits per heavy atom. The van der Waals surface area contributed by atoms with Crippen LogP contribution in [0.1, 0.15) is 5.69 Å². The Hall–Kier alpha value is -1.80. The Labute approximate surface area is 111 Å². The predicted molar refractivity (Wildman–Crippen MR) is 70.2 cm³/mol. The molecule has 3 aromatic rings. The smallest absolute Gasteiger partial charge is 0.216 e. The Morgan fingerprint density at radius 1 is 1.50 bits per heavy atom. The van der Waals surface area contributed by atoms with Crippen LogP contribution in [0.2, 0.25) is 0 Å². The van der Waals surface area contributed by atoms with Gasteiger partial charge < -0.3 is 10.3 Å². The summed E-state index contributed by atoms with van der Waals surface area (Å²) in [4.78, 5) is 5.07. The van der Waals surface area contributed by atoms with Crippen molar-refractivity contribution in [2.45, 2.75) is 10.9 Å². The van der Waals surface area contributed by atoms with Gasteiger partial charge in [0.25, 0.3) is 0 Å². The average molecular weight is 279 g/mol. The molecule has 0 spiro atoms. The number of nitrogen functional groups attached to an aromatic ring is 1. The van der Waals surface area contributed by atoms with Gasteiger partial charge in [-0.05, 0) is 11.4 Å². The first-order chi connectivity index (χ1) is 8.81. The van der Waals surface area contributed by atoms with Crippen LogP contribution in [0.15, 0.2) is 33.3 Å². The molecule has 0 radical (unpaired) electrons. The van der Waals surface area contributed by atoms with Crippen LogP contribution in [0.4, 0.5) is 5.95 Å². The van der Waals surface area contributed by atoms with Crippen molar-refractivity contribution in [2.24, 2.45) is 0 Å². The fourth-order valence-electron chi connectivity index (χ4n) is 1.38. The van der Waals surface area contributed by atoms with Gasteiger partial charge >= 0.3 is 0 Å². The molecule has 3 heterocycles. The molecule has 3 aromatic heterocycles. The van der Waals surface area contributed by atoms with Crippen molar-refractivity contribution in [3.63, 3.8) is 0 Å². The Bertz CT molecular complexity index is 630. The molecule has 0 aliphatic heterocycles. The summed E-state index contributed by atoms with van der Waals surface area (Å²) in [6, 6.07) is 5.90. The van der Waals surface area contributed by atoms with Crippen molar-refractivity contribution in [1.82, 2.24) is 20.3 Å². The van der Waals surface area contributed by atoms with Crippen molar-refractivity contribution in [3.8, 4) is 10.6 Å². The van der Waals surface area contributed by atoms with E-state index in [1.165, 1.54) is 11.8 Å². The molecule has 18 heavy (non-hydrogen) atoms. The lowest BCUT2D eigenvalue weighted by molar-refractivity contribution is 0.427. The molecular weight excluding hydrogens is 270 g/mol. The summed E-state index contributed by atoms with van der Waals surface area (Å²) in [5, 5.41) is 13.1. The highest BCUT2D eigenvalue weighted by molar-refractivity contribution is 7.98. The molecule has 0 fully saturated rings. The number of rotatable bonds is 4. The van der Waals surface area contributed by atoms with Gasteiger partial charge in [-0.25, -0.2) is 5.10 Å². The molecular formula is C10H9N5OS2. The first kappa shape index (κ1) is 11.3. The van der Waals surface area contributed by atoms with E-state index in [2.05, 4.69) is 20.3 Å². The predicted octanol–water partition coefficient (Wildman–Crippen LogP) is 2.40.